The summed E-state index contributed by atoms with van der Waals surface area (Å²) in [5, 5.41) is 13.4. The Bertz CT molecular complexity index is 570. The van der Waals surface area contributed by atoms with Crippen LogP contribution in [0.1, 0.15) is 31.1 Å². The van der Waals surface area contributed by atoms with Crippen LogP contribution in [-0.2, 0) is 9.53 Å². The molecule has 0 saturated heterocycles. The molecule has 1 aromatic rings. The second kappa shape index (κ2) is 7.22. The highest BCUT2D eigenvalue weighted by Gasteiger charge is 2.23. The smallest absolute Gasteiger partial charge is 0.341 e. The van der Waals surface area contributed by atoms with Crippen molar-refractivity contribution in [2.45, 2.75) is 20.8 Å². The highest BCUT2D eigenvalue weighted by Crippen LogP contribution is 2.33. The SMILES string of the molecule is CCOC(=O)c1cc(NC(C)=O)c([N+](=O)[O-])cc1OCC. The Balaban J connectivity index is 3.42. The second-order valence-corrected chi connectivity index (χ2v) is 3.96. The maximum absolute atomic E-state index is 11.9. The van der Waals surface area contributed by atoms with Gasteiger partial charge in [-0.1, -0.05) is 0 Å². The van der Waals surface area contributed by atoms with Gasteiger partial charge in [-0.05, 0) is 19.9 Å². The quantitative estimate of drug-likeness (QED) is 0.489. The number of nitro groups is 1. The standard InChI is InChI=1S/C13H16N2O6/c1-4-20-12-7-11(15(18)19)10(14-8(3)16)6-9(12)13(17)21-5-2/h6-7H,4-5H2,1-3H3,(H,14,16). The molecule has 114 valence electrons. The molecular formula is C13H16N2O6. The van der Waals surface area contributed by atoms with Crippen molar-refractivity contribution in [1.29, 1.82) is 0 Å². The number of nitro benzene ring substituents is 1. The minimum absolute atomic E-state index is 0.0213. The molecule has 0 saturated carbocycles. The van der Waals surface area contributed by atoms with E-state index in [-0.39, 0.29) is 35.9 Å². The molecule has 1 N–H and O–H groups in total. The van der Waals surface area contributed by atoms with Crippen LogP contribution in [-0.4, -0.2) is 30.0 Å². The van der Waals surface area contributed by atoms with Crippen molar-refractivity contribution in [3.63, 3.8) is 0 Å². The Morgan fingerprint density at radius 3 is 2.43 bits per heavy atom. The first-order chi connectivity index (χ1) is 9.90. The molecule has 0 heterocycles. The first-order valence-corrected chi connectivity index (χ1v) is 6.30. The van der Waals surface area contributed by atoms with Gasteiger partial charge in [-0.15, -0.1) is 0 Å². The average molecular weight is 296 g/mol. The number of nitrogens with zero attached hydrogens (tertiary/aromatic N) is 1. The summed E-state index contributed by atoms with van der Waals surface area (Å²) in [5.74, 6) is -1.13. The first-order valence-electron chi connectivity index (χ1n) is 6.30. The molecule has 1 rings (SSSR count). The number of amides is 1. The van der Waals surface area contributed by atoms with Crippen molar-refractivity contribution >= 4 is 23.3 Å². The lowest BCUT2D eigenvalue weighted by molar-refractivity contribution is -0.384. The summed E-state index contributed by atoms with van der Waals surface area (Å²) >= 11 is 0. The fraction of sp³-hybridized carbons (Fsp3) is 0.385. The monoisotopic (exact) mass is 296 g/mol. The fourth-order valence-electron chi connectivity index (χ4n) is 1.65. The van der Waals surface area contributed by atoms with Gasteiger partial charge in [0.05, 0.1) is 24.2 Å². The average Bonchev–Trinajstić information content (AvgIpc) is 2.39. The summed E-state index contributed by atoms with van der Waals surface area (Å²) in [5.41, 5.74) is -0.422. The Morgan fingerprint density at radius 1 is 1.29 bits per heavy atom. The van der Waals surface area contributed by atoms with Crippen LogP contribution < -0.4 is 10.1 Å². The van der Waals surface area contributed by atoms with E-state index >= 15 is 0 Å². The Hall–Kier alpha value is -2.64. The molecule has 1 amide bonds. The molecule has 0 aliphatic carbocycles. The third kappa shape index (κ3) is 4.16. The largest absolute Gasteiger partial charge is 0.493 e. The third-order valence-electron chi connectivity index (χ3n) is 2.40. The van der Waals surface area contributed by atoms with Crippen LogP contribution in [0.3, 0.4) is 0 Å². The third-order valence-corrected chi connectivity index (χ3v) is 2.40. The van der Waals surface area contributed by atoms with E-state index in [0.29, 0.717) is 0 Å². The van der Waals surface area contributed by atoms with Crippen LogP contribution in [0, 0.1) is 10.1 Å². The van der Waals surface area contributed by atoms with E-state index in [1.807, 2.05) is 0 Å². The Labute approximate surface area is 121 Å². The molecule has 0 aliphatic rings. The van der Waals surface area contributed by atoms with Gasteiger partial charge in [-0.25, -0.2) is 4.79 Å². The van der Waals surface area contributed by atoms with E-state index in [4.69, 9.17) is 9.47 Å². The zero-order valence-electron chi connectivity index (χ0n) is 12.0. The van der Waals surface area contributed by atoms with Crippen LogP contribution in [0.4, 0.5) is 11.4 Å². The number of esters is 1. The molecule has 0 radical (unpaired) electrons. The van der Waals surface area contributed by atoms with Crippen LogP contribution in [0.2, 0.25) is 0 Å². The molecule has 21 heavy (non-hydrogen) atoms. The lowest BCUT2D eigenvalue weighted by Crippen LogP contribution is -2.12. The summed E-state index contributed by atoms with van der Waals surface area (Å²) in [4.78, 5) is 33.4. The predicted molar refractivity (Wildman–Crippen MR) is 74.5 cm³/mol. The number of benzene rings is 1. The van der Waals surface area contributed by atoms with Crippen molar-refractivity contribution in [3.05, 3.63) is 27.8 Å². The highest BCUT2D eigenvalue weighted by atomic mass is 16.6. The van der Waals surface area contributed by atoms with Crippen LogP contribution in [0.5, 0.6) is 5.75 Å². The topological polar surface area (TPSA) is 108 Å². The zero-order chi connectivity index (χ0) is 16.0. The van der Waals surface area contributed by atoms with Gasteiger partial charge in [0, 0.05) is 6.92 Å². The molecule has 0 aromatic heterocycles. The molecule has 0 bridgehead atoms. The van der Waals surface area contributed by atoms with Gasteiger partial charge < -0.3 is 14.8 Å². The minimum Gasteiger partial charge on any atom is -0.493 e. The maximum Gasteiger partial charge on any atom is 0.341 e. The molecule has 8 nitrogen and oxygen atoms in total. The van der Waals surface area contributed by atoms with Gasteiger partial charge >= 0.3 is 5.97 Å². The normalized spacial score (nSPS) is 9.86. The number of carbonyl (C=O) groups excluding carboxylic acids is 2. The Morgan fingerprint density at radius 2 is 1.95 bits per heavy atom. The molecule has 0 atom stereocenters. The van der Waals surface area contributed by atoms with Crippen LogP contribution >= 0.6 is 0 Å². The summed E-state index contributed by atoms with van der Waals surface area (Å²) in [6, 6.07) is 2.28. The van der Waals surface area contributed by atoms with Gasteiger partial charge in [-0.2, -0.15) is 0 Å². The second-order valence-electron chi connectivity index (χ2n) is 3.96. The molecule has 8 heteroatoms. The highest BCUT2D eigenvalue weighted by molar-refractivity contribution is 5.98. The number of hydrogen-bond acceptors (Lipinski definition) is 6. The van der Waals surface area contributed by atoms with Gasteiger partial charge in [0.25, 0.3) is 5.69 Å². The first kappa shape index (κ1) is 16.4. The number of carbonyl (C=O) groups is 2. The molecular weight excluding hydrogens is 280 g/mol. The van der Waals surface area contributed by atoms with Gasteiger partial charge in [0.15, 0.2) is 0 Å². The van der Waals surface area contributed by atoms with Gasteiger partial charge in [-0.3, -0.25) is 14.9 Å². The number of hydrogen-bond donors (Lipinski definition) is 1. The fourth-order valence-corrected chi connectivity index (χ4v) is 1.65. The van der Waals surface area contributed by atoms with Crippen molar-refractivity contribution in [1.82, 2.24) is 0 Å². The van der Waals surface area contributed by atoms with E-state index in [9.17, 15) is 19.7 Å². The predicted octanol–water partition coefficient (Wildman–Crippen LogP) is 2.13. The van der Waals surface area contributed by atoms with Crippen molar-refractivity contribution in [3.8, 4) is 5.75 Å². The zero-order valence-corrected chi connectivity index (χ0v) is 12.0. The van der Waals surface area contributed by atoms with E-state index in [1.165, 1.54) is 13.0 Å². The molecule has 0 spiro atoms. The summed E-state index contributed by atoms with van der Waals surface area (Å²) < 4.78 is 10.1. The lowest BCUT2D eigenvalue weighted by Gasteiger charge is -2.12. The van der Waals surface area contributed by atoms with Crippen molar-refractivity contribution < 1.29 is 24.0 Å². The van der Waals surface area contributed by atoms with Crippen LogP contribution in [0.15, 0.2) is 12.1 Å². The van der Waals surface area contributed by atoms with E-state index < -0.39 is 16.8 Å². The van der Waals surface area contributed by atoms with Crippen molar-refractivity contribution in [2.24, 2.45) is 0 Å². The lowest BCUT2D eigenvalue weighted by atomic mass is 10.1. The van der Waals surface area contributed by atoms with Gasteiger partial charge in [0.1, 0.15) is 17.0 Å². The maximum atomic E-state index is 11.9. The van der Waals surface area contributed by atoms with E-state index in [0.717, 1.165) is 6.07 Å². The molecule has 1 aromatic carbocycles. The van der Waals surface area contributed by atoms with Gasteiger partial charge in [0.2, 0.25) is 5.91 Å². The molecule has 0 aliphatic heterocycles. The van der Waals surface area contributed by atoms with Crippen LogP contribution in [0.25, 0.3) is 0 Å². The minimum atomic E-state index is -0.678. The number of nitrogens with one attached hydrogen (secondary N) is 1. The Kier molecular flexibility index (Phi) is 5.65. The van der Waals surface area contributed by atoms with E-state index in [1.54, 1.807) is 13.8 Å². The molecule has 0 fully saturated rings. The number of rotatable bonds is 6. The van der Waals surface area contributed by atoms with E-state index in [2.05, 4.69) is 5.32 Å². The number of ether oxygens (including phenoxy) is 2. The van der Waals surface area contributed by atoms with Crippen molar-refractivity contribution in [2.75, 3.05) is 18.5 Å². The molecule has 0 unspecified atom stereocenters. The summed E-state index contributed by atoms with van der Waals surface area (Å²) in [6.07, 6.45) is 0. The summed E-state index contributed by atoms with van der Waals surface area (Å²) in [6.45, 7) is 4.91. The number of anilines is 1. The summed E-state index contributed by atoms with van der Waals surface area (Å²) in [7, 11) is 0.